The van der Waals surface area contributed by atoms with Crippen molar-refractivity contribution in [3.8, 4) is 11.1 Å². The van der Waals surface area contributed by atoms with Crippen molar-refractivity contribution < 1.29 is 29.0 Å². The Bertz CT molecular complexity index is 1100. The first kappa shape index (κ1) is 24.3. The van der Waals surface area contributed by atoms with Crippen LogP contribution < -0.4 is 10.6 Å². The van der Waals surface area contributed by atoms with Gasteiger partial charge >= 0.3 is 12.1 Å². The standard InChI is InChI=1S/C26H29N3O6/c1-15(2)23(25(33)29-12-11-27-24(32)21(29)13-22(30)31)28-26(34)35-14-20-18-9-5-3-7-16(18)17-8-4-6-10-19(17)20/h3-10,15,20-21,23H,11-14H2,1-2H3,(H,27,32)(H,28,34)(H,30,31)/t21?,23-/m0/s1. The van der Waals surface area contributed by atoms with E-state index in [4.69, 9.17) is 4.74 Å². The van der Waals surface area contributed by atoms with Gasteiger partial charge in [0.25, 0.3) is 0 Å². The van der Waals surface area contributed by atoms with Gasteiger partial charge in [-0.05, 0) is 28.2 Å². The monoisotopic (exact) mass is 479 g/mol. The summed E-state index contributed by atoms with van der Waals surface area (Å²) in [5.74, 6) is -2.63. The molecule has 0 radical (unpaired) electrons. The molecule has 0 aromatic heterocycles. The molecule has 2 aromatic carbocycles. The number of carboxylic acids is 1. The lowest BCUT2D eigenvalue weighted by atomic mass is 9.98. The fourth-order valence-electron chi connectivity index (χ4n) is 4.81. The summed E-state index contributed by atoms with van der Waals surface area (Å²) in [5, 5.41) is 14.4. The molecule has 3 amide bonds. The molecule has 0 spiro atoms. The highest BCUT2D eigenvalue weighted by Gasteiger charge is 2.39. The van der Waals surface area contributed by atoms with Crippen LogP contribution in [0.25, 0.3) is 11.1 Å². The minimum Gasteiger partial charge on any atom is -0.481 e. The Morgan fingerprint density at radius 1 is 1.09 bits per heavy atom. The third kappa shape index (κ3) is 4.99. The smallest absolute Gasteiger partial charge is 0.407 e. The number of hydrogen-bond acceptors (Lipinski definition) is 5. The molecule has 1 aliphatic carbocycles. The van der Waals surface area contributed by atoms with Crippen LogP contribution in [0, 0.1) is 5.92 Å². The molecule has 2 aliphatic rings. The molecule has 9 heteroatoms. The Hall–Kier alpha value is -3.88. The highest BCUT2D eigenvalue weighted by molar-refractivity contribution is 5.94. The van der Waals surface area contributed by atoms with Crippen molar-refractivity contribution in [3.05, 3.63) is 59.7 Å². The number of ether oxygens (including phenoxy) is 1. The second-order valence-corrected chi connectivity index (χ2v) is 9.13. The van der Waals surface area contributed by atoms with E-state index in [0.29, 0.717) is 0 Å². The Kier molecular flexibility index (Phi) is 7.04. The first-order chi connectivity index (χ1) is 16.8. The minimum absolute atomic E-state index is 0.104. The van der Waals surface area contributed by atoms with Crippen LogP contribution in [0.4, 0.5) is 4.79 Å². The Labute approximate surface area is 203 Å². The van der Waals surface area contributed by atoms with Crippen LogP contribution >= 0.6 is 0 Å². The maximum Gasteiger partial charge on any atom is 0.407 e. The first-order valence-corrected chi connectivity index (χ1v) is 11.7. The van der Waals surface area contributed by atoms with Crippen LogP contribution in [0.2, 0.25) is 0 Å². The van der Waals surface area contributed by atoms with Crippen molar-refractivity contribution in [3.63, 3.8) is 0 Å². The van der Waals surface area contributed by atoms with E-state index in [1.807, 2.05) is 48.5 Å². The van der Waals surface area contributed by atoms with Gasteiger partial charge in [-0.25, -0.2) is 4.79 Å². The SMILES string of the molecule is CC(C)[C@H](NC(=O)OCC1c2ccccc2-c2ccccc21)C(=O)N1CCNC(=O)C1CC(=O)O. The third-order valence-corrected chi connectivity index (χ3v) is 6.53. The summed E-state index contributed by atoms with van der Waals surface area (Å²) >= 11 is 0. The lowest BCUT2D eigenvalue weighted by Gasteiger charge is -2.37. The lowest BCUT2D eigenvalue weighted by molar-refractivity contribution is -0.150. The van der Waals surface area contributed by atoms with Gasteiger partial charge in [0.2, 0.25) is 11.8 Å². The van der Waals surface area contributed by atoms with Crippen LogP contribution in [0.3, 0.4) is 0 Å². The number of piperazine rings is 1. The lowest BCUT2D eigenvalue weighted by Crippen LogP contribution is -2.62. The zero-order valence-corrected chi connectivity index (χ0v) is 19.7. The summed E-state index contributed by atoms with van der Waals surface area (Å²) < 4.78 is 5.58. The van der Waals surface area contributed by atoms with Crippen LogP contribution in [-0.4, -0.2) is 65.7 Å². The maximum atomic E-state index is 13.3. The first-order valence-electron chi connectivity index (χ1n) is 11.7. The zero-order chi connectivity index (χ0) is 25.1. The van der Waals surface area contributed by atoms with Crippen LogP contribution in [-0.2, 0) is 19.1 Å². The fraction of sp³-hybridized carbons (Fsp3) is 0.385. The number of carboxylic acid groups (broad SMARTS) is 1. The number of carbonyl (C=O) groups excluding carboxylic acids is 3. The van der Waals surface area contributed by atoms with Gasteiger partial charge in [0.05, 0.1) is 6.42 Å². The summed E-state index contributed by atoms with van der Waals surface area (Å²) in [6.45, 7) is 4.02. The maximum absolute atomic E-state index is 13.3. The summed E-state index contributed by atoms with van der Waals surface area (Å²) in [6, 6.07) is 13.9. The van der Waals surface area contributed by atoms with Gasteiger partial charge in [-0.2, -0.15) is 0 Å². The molecule has 1 unspecified atom stereocenters. The predicted octanol–water partition coefficient (Wildman–Crippen LogP) is 2.35. The van der Waals surface area contributed by atoms with Gasteiger partial charge in [0.1, 0.15) is 18.7 Å². The van der Waals surface area contributed by atoms with E-state index in [-0.39, 0.29) is 31.5 Å². The van der Waals surface area contributed by atoms with Crippen LogP contribution in [0.1, 0.15) is 37.3 Å². The average Bonchev–Trinajstić information content (AvgIpc) is 3.15. The van der Waals surface area contributed by atoms with Gasteiger partial charge in [-0.1, -0.05) is 62.4 Å². The molecule has 2 aromatic rings. The van der Waals surface area contributed by atoms with Crippen molar-refractivity contribution in [2.45, 2.75) is 38.3 Å². The molecule has 0 saturated carbocycles. The second kappa shape index (κ2) is 10.2. The van der Waals surface area contributed by atoms with Crippen LogP contribution in [0.15, 0.2) is 48.5 Å². The molecule has 184 valence electrons. The molecular formula is C26H29N3O6. The number of amides is 3. The number of carbonyl (C=O) groups is 4. The summed E-state index contributed by atoms with van der Waals surface area (Å²) in [6.07, 6.45) is -1.25. The number of nitrogens with zero attached hydrogens (tertiary/aromatic N) is 1. The van der Waals surface area contributed by atoms with Crippen molar-refractivity contribution in [1.82, 2.24) is 15.5 Å². The van der Waals surface area contributed by atoms with E-state index in [9.17, 15) is 24.3 Å². The molecule has 3 N–H and O–H groups in total. The quantitative estimate of drug-likeness (QED) is 0.560. The minimum atomic E-state index is -1.18. The van der Waals surface area contributed by atoms with E-state index in [1.54, 1.807) is 13.8 Å². The summed E-state index contributed by atoms with van der Waals surface area (Å²) in [7, 11) is 0. The van der Waals surface area contributed by atoms with E-state index >= 15 is 0 Å². The summed E-state index contributed by atoms with van der Waals surface area (Å²) in [4.78, 5) is 50.8. The Morgan fingerprint density at radius 3 is 2.26 bits per heavy atom. The largest absolute Gasteiger partial charge is 0.481 e. The predicted molar refractivity (Wildman–Crippen MR) is 128 cm³/mol. The number of aliphatic carboxylic acids is 1. The molecule has 35 heavy (non-hydrogen) atoms. The Morgan fingerprint density at radius 2 is 1.69 bits per heavy atom. The number of alkyl carbamates (subject to hydrolysis) is 1. The number of nitrogens with one attached hydrogen (secondary N) is 2. The topological polar surface area (TPSA) is 125 Å². The molecule has 0 bridgehead atoms. The third-order valence-electron chi connectivity index (χ3n) is 6.53. The average molecular weight is 480 g/mol. The number of fused-ring (bicyclic) bond motifs is 3. The van der Waals surface area contributed by atoms with Gasteiger partial charge < -0.3 is 25.4 Å². The Balaban J connectivity index is 1.45. The van der Waals surface area contributed by atoms with Crippen molar-refractivity contribution in [2.24, 2.45) is 5.92 Å². The number of hydrogen-bond donors (Lipinski definition) is 3. The van der Waals surface area contributed by atoms with Gasteiger partial charge in [-0.3, -0.25) is 14.4 Å². The zero-order valence-electron chi connectivity index (χ0n) is 19.7. The molecular weight excluding hydrogens is 450 g/mol. The number of rotatable bonds is 7. The molecule has 1 saturated heterocycles. The van der Waals surface area contributed by atoms with Crippen molar-refractivity contribution in [2.75, 3.05) is 19.7 Å². The van der Waals surface area contributed by atoms with Crippen LogP contribution in [0.5, 0.6) is 0 Å². The van der Waals surface area contributed by atoms with E-state index in [1.165, 1.54) is 4.90 Å². The highest BCUT2D eigenvalue weighted by atomic mass is 16.5. The molecule has 1 aliphatic heterocycles. The molecule has 4 rings (SSSR count). The normalized spacial score (nSPS) is 17.9. The fourth-order valence-corrected chi connectivity index (χ4v) is 4.81. The highest BCUT2D eigenvalue weighted by Crippen LogP contribution is 2.44. The molecule has 2 atom stereocenters. The molecule has 1 fully saturated rings. The van der Waals surface area contributed by atoms with E-state index in [0.717, 1.165) is 22.3 Å². The van der Waals surface area contributed by atoms with Gasteiger partial charge in [0.15, 0.2) is 0 Å². The number of benzene rings is 2. The van der Waals surface area contributed by atoms with Gasteiger partial charge in [-0.15, -0.1) is 0 Å². The van der Waals surface area contributed by atoms with Crippen molar-refractivity contribution in [1.29, 1.82) is 0 Å². The molecule has 1 heterocycles. The van der Waals surface area contributed by atoms with E-state index < -0.39 is 42.4 Å². The second-order valence-electron chi connectivity index (χ2n) is 9.13. The summed E-state index contributed by atoms with van der Waals surface area (Å²) in [5.41, 5.74) is 4.38. The molecule has 9 nitrogen and oxygen atoms in total. The van der Waals surface area contributed by atoms with E-state index in [2.05, 4.69) is 10.6 Å². The van der Waals surface area contributed by atoms with Gasteiger partial charge in [0, 0.05) is 19.0 Å². The van der Waals surface area contributed by atoms with Crippen molar-refractivity contribution >= 4 is 23.9 Å².